The van der Waals surface area contributed by atoms with E-state index in [0.29, 0.717) is 5.56 Å². The van der Waals surface area contributed by atoms with Crippen LogP contribution in [0.25, 0.3) is 11.1 Å². The molecule has 0 heterocycles. The first-order valence-corrected chi connectivity index (χ1v) is 14.7. The van der Waals surface area contributed by atoms with E-state index < -0.39 is 17.7 Å². The molecule has 38 heavy (non-hydrogen) atoms. The van der Waals surface area contributed by atoms with Gasteiger partial charge in [-0.2, -0.15) is 0 Å². The van der Waals surface area contributed by atoms with Crippen molar-refractivity contribution in [3.05, 3.63) is 167 Å². The molecule has 5 heteroatoms. The van der Waals surface area contributed by atoms with Crippen LogP contribution in [0.2, 0.25) is 0 Å². The van der Waals surface area contributed by atoms with Crippen molar-refractivity contribution in [1.29, 1.82) is 0 Å². The molecule has 0 saturated carbocycles. The van der Waals surface area contributed by atoms with Crippen molar-refractivity contribution in [2.45, 2.75) is 4.22 Å². The second kappa shape index (κ2) is 12.5. The summed E-state index contributed by atoms with van der Waals surface area (Å²) in [7, 11) is 0. The fourth-order valence-corrected chi connectivity index (χ4v) is 9.94. The molecule has 0 bridgehead atoms. The first kappa shape index (κ1) is 27.8. The normalized spacial score (nSPS) is 11.0. The monoisotopic (exact) mass is 569 g/mol. The average Bonchev–Trinajstić information content (AvgIpc) is 3.28. The van der Waals surface area contributed by atoms with Crippen LogP contribution in [0.3, 0.4) is 0 Å². The number of benzene rings is 5. The first-order valence-electron chi connectivity index (χ1n) is 12.2. The summed E-state index contributed by atoms with van der Waals surface area (Å²) in [6.07, 6.45) is 0. The van der Waals surface area contributed by atoms with Crippen molar-refractivity contribution in [2.75, 3.05) is 0 Å². The molecule has 1 aliphatic carbocycles. The van der Waals surface area contributed by atoms with Gasteiger partial charge in [0, 0.05) is 0 Å². The molecule has 2 nitrogen and oxygen atoms in total. The number of amides is 1. The third kappa shape index (κ3) is 5.32. The molecule has 5 aromatic carbocycles. The standard InChI is InChI=1S/C13H9.C13H10.C7H7NO.2ClH.Ti/c1-3-7-12-10(5-1)9-11-6-2-4-8-13(11)12;1-3-7-12(8-4-1)11-13-9-5-2-6-10-13;8-7(9)6-4-2-1-3-5-6;;;/h1-9H;1-10H;1-5H,(H2,8,9);2*1H;/q;;;;;+3/p-3. The topological polar surface area (TPSA) is 29.1 Å². The van der Waals surface area contributed by atoms with Crippen LogP contribution in [0, 0.1) is 0 Å². The molecule has 1 amide bonds. The number of hydrogen-bond acceptors (Lipinski definition) is 1. The van der Waals surface area contributed by atoms with Crippen LogP contribution in [0.5, 0.6) is 0 Å². The summed E-state index contributed by atoms with van der Waals surface area (Å²) in [5, 5.41) is 0. The molecule has 6 rings (SSSR count). The molecule has 1 aliphatic rings. The Balaban J connectivity index is 0.00000168. The fourth-order valence-electron chi connectivity index (χ4n) is 5.22. The summed E-state index contributed by atoms with van der Waals surface area (Å²) in [6, 6.07) is 48.1. The Bertz CT molecular complexity index is 1480. The Morgan fingerprint density at radius 3 is 1.32 bits per heavy atom. The van der Waals surface area contributed by atoms with E-state index in [0.717, 1.165) is 0 Å². The predicted octanol–water partition coefficient (Wildman–Crippen LogP) is 0.997. The number of halogens is 2. The van der Waals surface area contributed by atoms with Crippen molar-refractivity contribution in [1.82, 2.24) is 3.80 Å². The van der Waals surface area contributed by atoms with E-state index in [1.807, 2.05) is 30.3 Å². The quantitative estimate of drug-likeness (QED) is 0.314. The third-order valence-electron chi connectivity index (χ3n) is 6.80. The van der Waals surface area contributed by atoms with Gasteiger partial charge >= 0.3 is 219 Å². The van der Waals surface area contributed by atoms with Crippen LogP contribution in [-0.2, 0) is 17.7 Å². The van der Waals surface area contributed by atoms with Crippen molar-refractivity contribution in [3.8, 4) is 11.1 Å². The number of rotatable bonds is 5. The van der Waals surface area contributed by atoms with Gasteiger partial charge in [0.1, 0.15) is 0 Å². The summed E-state index contributed by atoms with van der Waals surface area (Å²) in [5.74, 6) is -0.00294. The Kier molecular flexibility index (Phi) is 9.15. The van der Waals surface area contributed by atoms with Crippen molar-refractivity contribution >= 4 is 9.72 Å². The van der Waals surface area contributed by atoms with Gasteiger partial charge in [-0.1, -0.05) is 0 Å². The van der Waals surface area contributed by atoms with Gasteiger partial charge < -0.3 is 24.8 Å². The van der Waals surface area contributed by atoms with E-state index in [1.165, 1.54) is 37.2 Å². The Morgan fingerprint density at radius 1 is 0.500 bits per heavy atom. The maximum absolute atomic E-state index is 13.7. The van der Waals surface area contributed by atoms with Crippen molar-refractivity contribution < 1.29 is 47.3 Å². The van der Waals surface area contributed by atoms with E-state index in [9.17, 15) is 4.79 Å². The molecule has 0 atom stereocenters. The summed E-state index contributed by atoms with van der Waals surface area (Å²) < 4.78 is 5.06. The molecule has 1 N–H and O–H groups in total. The van der Waals surface area contributed by atoms with Gasteiger partial charge in [-0.3, -0.25) is 0 Å². The van der Waals surface area contributed by atoms with Gasteiger partial charge in [-0.05, 0) is 0 Å². The molecule has 0 unspecified atom stereocenters. The van der Waals surface area contributed by atoms with Crippen LogP contribution in [0.15, 0.2) is 140 Å². The number of carbonyl (C=O) groups excluding carboxylic acids is 1. The third-order valence-corrected chi connectivity index (χ3v) is 11.2. The first-order chi connectivity index (χ1) is 17.8. The van der Waals surface area contributed by atoms with Gasteiger partial charge in [-0.15, -0.1) is 0 Å². The van der Waals surface area contributed by atoms with Crippen LogP contribution < -0.4 is 28.6 Å². The van der Waals surface area contributed by atoms with Crippen molar-refractivity contribution in [2.24, 2.45) is 0 Å². The van der Waals surface area contributed by atoms with Gasteiger partial charge in [0.15, 0.2) is 0 Å². The molecule has 0 aromatic heterocycles. The molecule has 0 fully saturated rings. The maximum atomic E-state index is 13.7. The molecule has 0 aliphatic heterocycles. The smallest absolute Gasteiger partial charge is 1.00 e. The van der Waals surface area contributed by atoms with E-state index in [4.69, 9.17) is 0 Å². The maximum Gasteiger partial charge on any atom is -1.00 e. The summed E-state index contributed by atoms with van der Waals surface area (Å²) in [6.45, 7) is 0. The molecular weight excluding hydrogens is 545 g/mol. The van der Waals surface area contributed by atoms with Crippen molar-refractivity contribution in [3.63, 3.8) is 0 Å². The molecule has 0 saturated heterocycles. The number of hydrogen-bond donors (Lipinski definition) is 1. The Morgan fingerprint density at radius 2 is 0.868 bits per heavy atom. The zero-order valence-electron chi connectivity index (χ0n) is 20.5. The number of carbonyl (C=O) groups is 1. The minimum atomic E-state index is -2.63. The van der Waals surface area contributed by atoms with E-state index in [-0.39, 0.29) is 34.9 Å². The van der Waals surface area contributed by atoms with Gasteiger partial charge in [0.25, 0.3) is 0 Å². The minimum Gasteiger partial charge on any atom is -1.00 e. The fraction of sp³-hybridized carbons (Fsp3) is 0.0303. The van der Waals surface area contributed by atoms with E-state index >= 15 is 0 Å². The van der Waals surface area contributed by atoms with Crippen LogP contribution >= 0.6 is 0 Å². The molecule has 5 aromatic rings. The summed E-state index contributed by atoms with van der Waals surface area (Å²) >= 11 is -2.63. The SMILES string of the molecule is O=C([NH][Ti+2](=[C](c1ccccc1)c1ccccc1)[CH]1c2ccccc2-c2ccccc21)c1ccccc1.[Cl-].[Cl-]. The molecule has 0 radical (unpaired) electrons. The summed E-state index contributed by atoms with van der Waals surface area (Å²) in [4.78, 5) is 13.7. The average molecular weight is 570 g/mol. The van der Waals surface area contributed by atoms with Crippen LogP contribution in [-0.4, -0.2) is 9.72 Å². The second-order valence-electron chi connectivity index (χ2n) is 8.95. The Hall–Kier alpha value is -3.27. The number of nitrogens with one attached hydrogen (secondary N) is 1. The minimum absolute atomic E-state index is 0. The number of fused-ring (bicyclic) bond motifs is 3. The van der Waals surface area contributed by atoms with Gasteiger partial charge in [0.2, 0.25) is 0 Å². The van der Waals surface area contributed by atoms with Crippen LogP contribution in [0.4, 0.5) is 0 Å². The zero-order chi connectivity index (χ0) is 24.3. The molecule has 0 spiro atoms. The second-order valence-corrected chi connectivity index (χ2v) is 12.3. The van der Waals surface area contributed by atoms with E-state index in [2.05, 4.69) is 113 Å². The van der Waals surface area contributed by atoms with E-state index in [1.54, 1.807) is 0 Å². The van der Waals surface area contributed by atoms with Gasteiger partial charge in [0.05, 0.1) is 0 Å². The predicted molar refractivity (Wildman–Crippen MR) is 144 cm³/mol. The molecular formula is C33H25Cl2NOTi. The van der Waals surface area contributed by atoms with Crippen LogP contribution in [0.1, 0.15) is 36.8 Å². The largest absolute Gasteiger partial charge is 1.00 e. The van der Waals surface area contributed by atoms with Gasteiger partial charge in [-0.25, -0.2) is 0 Å². The zero-order valence-corrected chi connectivity index (χ0v) is 23.6. The summed E-state index contributed by atoms with van der Waals surface area (Å²) in [5.41, 5.74) is 8.22. The Labute approximate surface area is 242 Å². The molecule has 186 valence electrons.